The third-order valence-corrected chi connectivity index (χ3v) is 5.13. The van der Waals surface area contributed by atoms with Crippen molar-refractivity contribution >= 4 is 10.0 Å². The van der Waals surface area contributed by atoms with E-state index in [0.717, 1.165) is 45.1 Å². The number of rotatable bonds is 8. The predicted molar refractivity (Wildman–Crippen MR) is 76.2 cm³/mol. The molecule has 0 amide bonds. The van der Waals surface area contributed by atoms with Crippen molar-refractivity contribution < 1.29 is 8.42 Å². The highest BCUT2D eigenvalue weighted by molar-refractivity contribution is 7.89. The highest BCUT2D eigenvalue weighted by Crippen LogP contribution is 2.29. The smallest absolute Gasteiger partial charge is 0.212 e. The van der Waals surface area contributed by atoms with Crippen molar-refractivity contribution in [1.29, 1.82) is 0 Å². The molecule has 0 aliphatic heterocycles. The molecular weight excluding hydrogens is 248 g/mol. The van der Waals surface area contributed by atoms with Crippen molar-refractivity contribution in [2.24, 2.45) is 0 Å². The summed E-state index contributed by atoms with van der Waals surface area (Å²) in [6.07, 6.45) is 5.86. The molecule has 0 aromatic carbocycles. The molecule has 108 valence electrons. The van der Waals surface area contributed by atoms with E-state index in [9.17, 15) is 8.42 Å². The Balaban J connectivity index is 2.23. The fraction of sp³-hybridized carbons (Fsp3) is 1.00. The maximum Gasteiger partial charge on any atom is 0.212 e. The molecule has 0 unspecified atom stereocenters. The van der Waals surface area contributed by atoms with E-state index in [4.69, 9.17) is 0 Å². The summed E-state index contributed by atoms with van der Waals surface area (Å²) in [5.41, 5.74) is -0.186. The first-order valence-corrected chi connectivity index (χ1v) is 8.73. The fourth-order valence-electron chi connectivity index (χ4n) is 2.49. The summed E-state index contributed by atoms with van der Waals surface area (Å²) in [5.74, 6) is 0.252. The van der Waals surface area contributed by atoms with Crippen LogP contribution >= 0.6 is 0 Å². The van der Waals surface area contributed by atoms with Gasteiger partial charge in [0.25, 0.3) is 0 Å². The average molecular weight is 276 g/mol. The van der Waals surface area contributed by atoms with Gasteiger partial charge < -0.3 is 5.32 Å². The first kappa shape index (κ1) is 15.9. The van der Waals surface area contributed by atoms with E-state index < -0.39 is 10.0 Å². The molecule has 4 nitrogen and oxygen atoms in total. The first-order chi connectivity index (χ1) is 8.33. The summed E-state index contributed by atoms with van der Waals surface area (Å²) >= 11 is 0. The van der Waals surface area contributed by atoms with Gasteiger partial charge in [-0.3, -0.25) is 0 Å². The van der Waals surface area contributed by atoms with Crippen LogP contribution in [0, 0.1) is 0 Å². The maximum absolute atomic E-state index is 12.0. The molecule has 0 aromatic rings. The zero-order valence-corrected chi connectivity index (χ0v) is 12.8. The van der Waals surface area contributed by atoms with Gasteiger partial charge in [-0.25, -0.2) is 13.1 Å². The second-order valence-corrected chi connectivity index (χ2v) is 7.85. The maximum atomic E-state index is 12.0. The minimum absolute atomic E-state index is 0.186. The number of sulfonamides is 1. The molecule has 0 atom stereocenters. The van der Waals surface area contributed by atoms with Crippen LogP contribution in [0.15, 0.2) is 0 Å². The van der Waals surface area contributed by atoms with Gasteiger partial charge in [0.2, 0.25) is 10.0 Å². The molecule has 5 heteroatoms. The van der Waals surface area contributed by atoms with Gasteiger partial charge in [-0.1, -0.05) is 26.7 Å². The van der Waals surface area contributed by atoms with Crippen LogP contribution in [0.5, 0.6) is 0 Å². The normalized spacial score (nSPS) is 19.6. The molecule has 1 fully saturated rings. The average Bonchev–Trinajstić information content (AvgIpc) is 2.62. The van der Waals surface area contributed by atoms with Gasteiger partial charge in [-0.2, -0.15) is 0 Å². The molecule has 0 aromatic heterocycles. The van der Waals surface area contributed by atoms with Gasteiger partial charge in [-0.05, 0) is 39.2 Å². The lowest BCUT2D eigenvalue weighted by Gasteiger charge is -2.24. The Bertz CT molecular complexity index is 333. The molecule has 1 rings (SSSR count). The molecule has 1 saturated carbocycles. The predicted octanol–water partition coefficient (Wildman–Crippen LogP) is 2.02. The van der Waals surface area contributed by atoms with Crippen LogP contribution in [-0.4, -0.2) is 32.3 Å². The van der Waals surface area contributed by atoms with Gasteiger partial charge >= 0.3 is 0 Å². The molecule has 2 N–H and O–H groups in total. The minimum atomic E-state index is -3.10. The molecule has 1 aliphatic carbocycles. The van der Waals surface area contributed by atoms with Gasteiger partial charge in [0.15, 0.2) is 0 Å². The van der Waals surface area contributed by atoms with E-state index in [0.29, 0.717) is 6.04 Å². The van der Waals surface area contributed by atoms with Crippen molar-refractivity contribution in [3.05, 3.63) is 0 Å². The van der Waals surface area contributed by atoms with E-state index in [1.54, 1.807) is 0 Å². The second-order valence-electron chi connectivity index (χ2n) is 6.00. The van der Waals surface area contributed by atoms with Crippen LogP contribution in [0.4, 0.5) is 0 Å². The van der Waals surface area contributed by atoms with Gasteiger partial charge in [-0.15, -0.1) is 0 Å². The van der Waals surface area contributed by atoms with E-state index in [1.807, 2.05) is 6.92 Å². The molecule has 0 bridgehead atoms. The Morgan fingerprint density at radius 1 is 1.17 bits per heavy atom. The van der Waals surface area contributed by atoms with Gasteiger partial charge in [0.05, 0.1) is 5.75 Å². The Kier molecular flexibility index (Phi) is 6.08. The molecule has 18 heavy (non-hydrogen) atoms. The van der Waals surface area contributed by atoms with Crippen LogP contribution in [0.1, 0.15) is 59.3 Å². The standard InChI is InChI=1S/C13H28N2O2S/c1-12(2)14-10-6-7-11-18(16,17)15-13(3)8-4-5-9-13/h12,14-15H,4-11H2,1-3H3. The quantitative estimate of drug-likeness (QED) is 0.667. The molecular formula is C13H28N2O2S. The Hall–Kier alpha value is -0.130. The van der Waals surface area contributed by atoms with Crippen molar-refractivity contribution in [2.75, 3.05) is 12.3 Å². The van der Waals surface area contributed by atoms with Crippen molar-refractivity contribution in [3.63, 3.8) is 0 Å². The van der Waals surface area contributed by atoms with Crippen molar-refractivity contribution in [3.8, 4) is 0 Å². The Morgan fingerprint density at radius 3 is 2.33 bits per heavy atom. The highest BCUT2D eigenvalue weighted by Gasteiger charge is 2.32. The van der Waals surface area contributed by atoms with Crippen LogP contribution in [0.25, 0.3) is 0 Å². The lowest BCUT2D eigenvalue weighted by molar-refractivity contribution is 0.427. The summed E-state index contributed by atoms with van der Waals surface area (Å²) in [4.78, 5) is 0. The number of hydrogen-bond donors (Lipinski definition) is 2. The summed E-state index contributed by atoms with van der Waals surface area (Å²) in [6, 6.07) is 0.470. The van der Waals surface area contributed by atoms with Crippen molar-refractivity contribution in [1.82, 2.24) is 10.0 Å². The summed E-state index contributed by atoms with van der Waals surface area (Å²) in [7, 11) is -3.10. The Morgan fingerprint density at radius 2 is 1.78 bits per heavy atom. The number of nitrogens with one attached hydrogen (secondary N) is 2. The summed E-state index contributed by atoms with van der Waals surface area (Å²) < 4.78 is 26.8. The molecule has 0 spiro atoms. The van der Waals surface area contributed by atoms with E-state index in [2.05, 4.69) is 23.9 Å². The van der Waals surface area contributed by atoms with E-state index >= 15 is 0 Å². The summed E-state index contributed by atoms with van der Waals surface area (Å²) in [6.45, 7) is 7.11. The third-order valence-electron chi connectivity index (χ3n) is 3.50. The topological polar surface area (TPSA) is 58.2 Å². The minimum Gasteiger partial charge on any atom is -0.315 e. The zero-order valence-electron chi connectivity index (χ0n) is 12.0. The largest absolute Gasteiger partial charge is 0.315 e. The molecule has 1 aliphatic rings. The Labute approximate surface area is 112 Å². The lowest BCUT2D eigenvalue weighted by atomic mass is 10.0. The zero-order chi connectivity index (χ0) is 13.6. The number of hydrogen-bond acceptors (Lipinski definition) is 3. The molecule has 0 heterocycles. The number of unbranched alkanes of at least 4 members (excludes halogenated alkanes) is 1. The SMILES string of the molecule is CC(C)NCCCCS(=O)(=O)NC1(C)CCCC1. The van der Waals surface area contributed by atoms with Crippen LogP contribution in [0.3, 0.4) is 0 Å². The van der Waals surface area contributed by atoms with Crippen LogP contribution in [-0.2, 0) is 10.0 Å². The van der Waals surface area contributed by atoms with Gasteiger partial charge in [0.1, 0.15) is 0 Å². The van der Waals surface area contributed by atoms with Gasteiger partial charge in [0, 0.05) is 11.6 Å². The van der Waals surface area contributed by atoms with Crippen LogP contribution in [0.2, 0.25) is 0 Å². The monoisotopic (exact) mass is 276 g/mol. The molecule has 0 radical (unpaired) electrons. The first-order valence-electron chi connectivity index (χ1n) is 7.08. The van der Waals surface area contributed by atoms with E-state index in [1.165, 1.54) is 0 Å². The third kappa shape index (κ3) is 6.16. The fourth-order valence-corrected chi connectivity index (χ4v) is 4.13. The summed E-state index contributed by atoms with van der Waals surface area (Å²) in [5, 5.41) is 3.30. The van der Waals surface area contributed by atoms with Crippen LogP contribution < -0.4 is 10.0 Å². The lowest BCUT2D eigenvalue weighted by Crippen LogP contribution is -2.44. The highest BCUT2D eigenvalue weighted by atomic mass is 32.2. The second kappa shape index (κ2) is 6.87. The van der Waals surface area contributed by atoms with Crippen molar-refractivity contribution in [2.45, 2.75) is 70.9 Å². The van der Waals surface area contributed by atoms with E-state index in [-0.39, 0.29) is 11.3 Å². The molecule has 0 saturated heterocycles.